The summed E-state index contributed by atoms with van der Waals surface area (Å²) >= 11 is 0. The number of aryl methyl sites for hydroxylation is 2. The lowest BCUT2D eigenvalue weighted by molar-refractivity contribution is -0.385. The first-order chi connectivity index (χ1) is 13.7. The fourth-order valence-corrected chi connectivity index (χ4v) is 3.44. The Balaban J connectivity index is 1.75. The molecule has 0 spiro atoms. The summed E-state index contributed by atoms with van der Waals surface area (Å²) in [6, 6.07) is 15.4. The molecule has 0 N–H and O–H groups in total. The van der Waals surface area contributed by atoms with Crippen molar-refractivity contribution in [3.8, 4) is 11.6 Å². The van der Waals surface area contributed by atoms with E-state index >= 15 is 0 Å². The molecule has 0 aliphatic carbocycles. The summed E-state index contributed by atoms with van der Waals surface area (Å²) in [6.07, 6.45) is 4.06. The number of fused-ring (bicyclic) bond motifs is 1. The highest BCUT2D eigenvalue weighted by Crippen LogP contribution is 2.41. The van der Waals surface area contributed by atoms with Gasteiger partial charge < -0.3 is 9.64 Å². The smallest absolute Gasteiger partial charge is 0.373 e. The molecule has 1 aromatic heterocycles. The maximum atomic E-state index is 11.9. The van der Waals surface area contributed by atoms with Crippen LogP contribution in [0.25, 0.3) is 0 Å². The van der Waals surface area contributed by atoms with Crippen LogP contribution >= 0.6 is 0 Å². The van der Waals surface area contributed by atoms with Crippen molar-refractivity contribution >= 4 is 17.2 Å². The minimum Gasteiger partial charge on any atom is -0.434 e. The molecule has 3 aromatic rings. The molecule has 7 heteroatoms. The van der Waals surface area contributed by atoms with Gasteiger partial charge in [0.2, 0.25) is 5.82 Å². The second kappa shape index (κ2) is 7.64. The summed E-state index contributed by atoms with van der Waals surface area (Å²) in [4.78, 5) is 21.6. The number of hydrogen-bond donors (Lipinski definition) is 0. The van der Waals surface area contributed by atoms with Crippen LogP contribution in [0.4, 0.5) is 17.2 Å². The van der Waals surface area contributed by atoms with Gasteiger partial charge in [0.25, 0.3) is 0 Å². The third kappa shape index (κ3) is 3.38. The summed E-state index contributed by atoms with van der Waals surface area (Å²) < 4.78 is 5.77. The molecule has 0 bridgehead atoms. The summed E-state index contributed by atoms with van der Waals surface area (Å²) in [5, 5.41) is 11.9. The zero-order valence-corrected chi connectivity index (χ0v) is 15.5. The summed E-state index contributed by atoms with van der Waals surface area (Å²) in [5.74, 6) is 0.707. The van der Waals surface area contributed by atoms with Gasteiger partial charge in [-0.1, -0.05) is 37.3 Å². The van der Waals surface area contributed by atoms with Crippen molar-refractivity contribution < 1.29 is 9.66 Å². The van der Waals surface area contributed by atoms with Gasteiger partial charge in [0, 0.05) is 12.2 Å². The van der Waals surface area contributed by atoms with Crippen LogP contribution in [0, 0.1) is 10.1 Å². The Hall–Kier alpha value is -3.48. The van der Waals surface area contributed by atoms with Crippen LogP contribution in [0.15, 0.2) is 54.9 Å². The molecule has 0 saturated carbocycles. The maximum absolute atomic E-state index is 11.9. The lowest BCUT2D eigenvalue weighted by atomic mass is 10.0. The third-order valence-corrected chi connectivity index (χ3v) is 4.86. The van der Waals surface area contributed by atoms with E-state index in [4.69, 9.17) is 4.74 Å². The molecule has 1 aliphatic rings. The Labute approximate surface area is 162 Å². The highest BCUT2D eigenvalue weighted by atomic mass is 16.6. The van der Waals surface area contributed by atoms with Crippen molar-refractivity contribution in [1.29, 1.82) is 0 Å². The molecule has 4 rings (SSSR count). The van der Waals surface area contributed by atoms with E-state index in [1.54, 1.807) is 12.1 Å². The molecule has 7 nitrogen and oxygen atoms in total. The molecular formula is C21H20N4O3. The lowest BCUT2D eigenvalue weighted by Gasteiger charge is -2.29. The summed E-state index contributed by atoms with van der Waals surface area (Å²) in [6.45, 7) is 2.72. The van der Waals surface area contributed by atoms with Crippen LogP contribution in [0.2, 0.25) is 0 Å². The monoisotopic (exact) mass is 376 g/mol. The number of hydrogen-bond acceptors (Lipinski definition) is 6. The van der Waals surface area contributed by atoms with Gasteiger partial charge in [-0.2, -0.15) is 4.98 Å². The van der Waals surface area contributed by atoms with E-state index in [1.165, 1.54) is 6.33 Å². The van der Waals surface area contributed by atoms with Crippen molar-refractivity contribution in [2.75, 3.05) is 11.4 Å². The van der Waals surface area contributed by atoms with Gasteiger partial charge in [-0.3, -0.25) is 10.1 Å². The standard InChI is InChI=1S/C21H20N4O3/c1-2-15-9-11-17(12-10-15)28-21-19(25(26)27)20(22-14-23-21)24-13-5-7-16-6-3-4-8-18(16)24/h3-4,6,8-12,14H,2,5,7,13H2,1H3. The average molecular weight is 376 g/mol. The zero-order chi connectivity index (χ0) is 19.5. The maximum Gasteiger partial charge on any atom is 0.373 e. The van der Waals surface area contributed by atoms with E-state index in [0.717, 1.165) is 36.1 Å². The van der Waals surface area contributed by atoms with E-state index in [2.05, 4.69) is 16.9 Å². The molecule has 0 fully saturated rings. The molecule has 0 atom stereocenters. The first-order valence-electron chi connectivity index (χ1n) is 9.29. The zero-order valence-electron chi connectivity index (χ0n) is 15.5. The van der Waals surface area contributed by atoms with E-state index in [0.29, 0.717) is 12.3 Å². The Morgan fingerprint density at radius 3 is 2.68 bits per heavy atom. The molecule has 0 amide bonds. The van der Waals surface area contributed by atoms with Gasteiger partial charge >= 0.3 is 11.6 Å². The van der Waals surface area contributed by atoms with Crippen molar-refractivity contribution in [3.05, 3.63) is 76.1 Å². The SMILES string of the molecule is CCc1ccc(Oc2ncnc(N3CCCc4ccccc43)c2[N+](=O)[O-])cc1. The molecule has 142 valence electrons. The Morgan fingerprint density at radius 2 is 1.93 bits per heavy atom. The van der Waals surface area contributed by atoms with Gasteiger partial charge in [-0.15, -0.1) is 0 Å². The van der Waals surface area contributed by atoms with E-state index in [-0.39, 0.29) is 17.4 Å². The molecule has 28 heavy (non-hydrogen) atoms. The number of rotatable bonds is 5. The second-order valence-corrected chi connectivity index (χ2v) is 6.59. The fourth-order valence-electron chi connectivity index (χ4n) is 3.44. The second-order valence-electron chi connectivity index (χ2n) is 6.59. The first kappa shape index (κ1) is 17.9. The van der Waals surface area contributed by atoms with Crippen LogP contribution in [0.5, 0.6) is 11.6 Å². The fraction of sp³-hybridized carbons (Fsp3) is 0.238. The van der Waals surface area contributed by atoms with Gasteiger partial charge in [0.05, 0.1) is 4.92 Å². The minimum absolute atomic E-state index is 0.0534. The number of benzene rings is 2. The highest BCUT2D eigenvalue weighted by molar-refractivity contribution is 5.73. The molecule has 0 radical (unpaired) electrons. The number of nitro groups is 1. The van der Waals surface area contributed by atoms with Crippen molar-refractivity contribution in [1.82, 2.24) is 9.97 Å². The Morgan fingerprint density at radius 1 is 1.14 bits per heavy atom. The molecule has 1 aliphatic heterocycles. The van der Waals surface area contributed by atoms with E-state index < -0.39 is 4.92 Å². The number of anilines is 2. The number of aromatic nitrogens is 2. The highest BCUT2D eigenvalue weighted by Gasteiger charge is 2.31. The van der Waals surface area contributed by atoms with Crippen molar-refractivity contribution in [2.45, 2.75) is 26.2 Å². The van der Waals surface area contributed by atoms with Crippen LogP contribution in [-0.4, -0.2) is 21.4 Å². The van der Waals surface area contributed by atoms with Gasteiger partial charge in [-0.05, 0) is 48.6 Å². The van der Waals surface area contributed by atoms with Gasteiger partial charge in [0.15, 0.2) is 0 Å². The van der Waals surface area contributed by atoms with Crippen molar-refractivity contribution in [3.63, 3.8) is 0 Å². The van der Waals surface area contributed by atoms with Crippen molar-refractivity contribution in [2.24, 2.45) is 0 Å². The molecular weight excluding hydrogens is 356 g/mol. The van der Waals surface area contributed by atoms with E-state index in [9.17, 15) is 10.1 Å². The van der Waals surface area contributed by atoms with Crippen LogP contribution < -0.4 is 9.64 Å². The molecule has 0 saturated heterocycles. The largest absolute Gasteiger partial charge is 0.434 e. The minimum atomic E-state index is -0.470. The van der Waals surface area contributed by atoms with Crippen LogP contribution in [0.3, 0.4) is 0 Å². The van der Waals surface area contributed by atoms with Crippen LogP contribution in [-0.2, 0) is 12.8 Å². The Bertz CT molecular complexity index is 1000. The quantitative estimate of drug-likeness (QED) is 0.469. The summed E-state index contributed by atoms with van der Waals surface area (Å²) in [5.41, 5.74) is 3.03. The lowest BCUT2D eigenvalue weighted by Crippen LogP contribution is -2.26. The predicted molar refractivity (Wildman–Crippen MR) is 106 cm³/mol. The molecule has 2 heterocycles. The average Bonchev–Trinajstić information content (AvgIpc) is 2.73. The first-order valence-corrected chi connectivity index (χ1v) is 9.29. The topological polar surface area (TPSA) is 81.4 Å². The molecule has 0 unspecified atom stereocenters. The molecule has 2 aromatic carbocycles. The summed E-state index contributed by atoms with van der Waals surface area (Å²) in [7, 11) is 0. The normalized spacial score (nSPS) is 13.1. The Kier molecular flexibility index (Phi) is 4.89. The number of nitrogens with zero attached hydrogens (tertiary/aromatic N) is 4. The van der Waals surface area contributed by atoms with Gasteiger partial charge in [-0.25, -0.2) is 4.98 Å². The van der Waals surface area contributed by atoms with Crippen LogP contribution in [0.1, 0.15) is 24.5 Å². The number of para-hydroxylation sites is 1. The van der Waals surface area contributed by atoms with Gasteiger partial charge in [0.1, 0.15) is 12.1 Å². The third-order valence-electron chi connectivity index (χ3n) is 4.86. The number of ether oxygens (including phenoxy) is 1. The van der Waals surface area contributed by atoms with E-state index in [1.807, 2.05) is 41.3 Å². The predicted octanol–water partition coefficient (Wildman–Crippen LogP) is 4.82.